The van der Waals surface area contributed by atoms with Crippen molar-refractivity contribution in [3.05, 3.63) is 94.6 Å². The highest BCUT2D eigenvalue weighted by atomic mass is 19.1. The zero-order chi connectivity index (χ0) is 23.4. The van der Waals surface area contributed by atoms with Crippen molar-refractivity contribution in [1.29, 1.82) is 0 Å². The fourth-order valence-electron chi connectivity index (χ4n) is 5.03. The minimum Gasteiger partial charge on any atom is -0.356 e. The number of carbonyl (C=O) groups is 1. The van der Waals surface area contributed by atoms with Crippen molar-refractivity contribution in [2.24, 2.45) is 0 Å². The van der Waals surface area contributed by atoms with Crippen LogP contribution >= 0.6 is 0 Å². The number of piperidine rings is 1. The van der Waals surface area contributed by atoms with Crippen molar-refractivity contribution >= 4 is 5.91 Å². The summed E-state index contributed by atoms with van der Waals surface area (Å²) in [4.78, 5) is 11.2. The minimum atomic E-state index is -0.523. The lowest BCUT2D eigenvalue weighted by molar-refractivity contribution is -0.118. The fraction of sp³-hybridized carbons (Fsp3) is 0.321. The van der Waals surface area contributed by atoms with Gasteiger partial charge in [-0.2, -0.15) is 0 Å². The average molecular weight is 449 g/mol. The molecule has 33 heavy (non-hydrogen) atoms. The Bertz CT molecular complexity index is 1120. The SMILES string of the molecule is CC(=O)NCCc1ccccc1-c1ccc([C@@H]2CNCC[C@H]2c2cc(F)cc(F)c2)c(C)c1. The molecule has 1 fully saturated rings. The molecule has 3 nitrogen and oxygen atoms in total. The van der Waals surface area contributed by atoms with E-state index in [1.54, 1.807) is 0 Å². The maximum atomic E-state index is 13.9. The van der Waals surface area contributed by atoms with E-state index >= 15 is 0 Å². The molecule has 0 radical (unpaired) electrons. The van der Waals surface area contributed by atoms with E-state index in [0.29, 0.717) is 6.54 Å². The molecule has 0 spiro atoms. The predicted octanol–water partition coefficient (Wildman–Crippen LogP) is 5.48. The quantitative estimate of drug-likeness (QED) is 0.524. The fourth-order valence-corrected chi connectivity index (χ4v) is 5.03. The van der Waals surface area contributed by atoms with E-state index in [2.05, 4.69) is 47.9 Å². The molecule has 3 aromatic rings. The summed E-state index contributed by atoms with van der Waals surface area (Å²) >= 11 is 0. The molecule has 3 aromatic carbocycles. The number of amides is 1. The minimum absolute atomic E-state index is 0.0264. The van der Waals surface area contributed by atoms with Crippen LogP contribution in [0.1, 0.15) is 47.4 Å². The van der Waals surface area contributed by atoms with Crippen molar-refractivity contribution in [2.45, 2.75) is 38.5 Å². The molecule has 4 rings (SSSR count). The summed E-state index contributed by atoms with van der Waals surface area (Å²) in [7, 11) is 0. The second-order valence-corrected chi connectivity index (χ2v) is 8.87. The summed E-state index contributed by atoms with van der Waals surface area (Å²) < 4.78 is 27.8. The smallest absolute Gasteiger partial charge is 0.216 e. The number of nitrogens with one attached hydrogen (secondary N) is 2. The van der Waals surface area contributed by atoms with Crippen molar-refractivity contribution in [1.82, 2.24) is 10.6 Å². The average Bonchev–Trinajstić information content (AvgIpc) is 2.78. The first-order valence-electron chi connectivity index (χ1n) is 11.5. The molecular weight excluding hydrogens is 418 g/mol. The monoisotopic (exact) mass is 448 g/mol. The molecule has 2 atom stereocenters. The van der Waals surface area contributed by atoms with Crippen LogP contribution in [-0.4, -0.2) is 25.5 Å². The van der Waals surface area contributed by atoms with Crippen LogP contribution in [0.15, 0.2) is 60.7 Å². The topological polar surface area (TPSA) is 41.1 Å². The van der Waals surface area contributed by atoms with Gasteiger partial charge in [0.2, 0.25) is 5.91 Å². The zero-order valence-electron chi connectivity index (χ0n) is 19.1. The van der Waals surface area contributed by atoms with Crippen LogP contribution in [0.25, 0.3) is 11.1 Å². The van der Waals surface area contributed by atoms with Gasteiger partial charge in [-0.3, -0.25) is 4.79 Å². The van der Waals surface area contributed by atoms with Gasteiger partial charge in [-0.1, -0.05) is 42.5 Å². The van der Waals surface area contributed by atoms with Crippen LogP contribution in [0.4, 0.5) is 8.78 Å². The number of rotatable bonds is 6. The van der Waals surface area contributed by atoms with E-state index < -0.39 is 11.6 Å². The third kappa shape index (κ3) is 5.48. The van der Waals surface area contributed by atoms with Crippen LogP contribution in [0.3, 0.4) is 0 Å². The zero-order valence-corrected chi connectivity index (χ0v) is 19.1. The number of hydrogen-bond donors (Lipinski definition) is 2. The lowest BCUT2D eigenvalue weighted by Crippen LogP contribution is -2.34. The van der Waals surface area contributed by atoms with Gasteiger partial charge in [0.05, 0.1) is 0 Å². The van der Waals surface area contributed by atoms with Gasteiger partial charge in [-0.05, 0) is 77.7 Å². The lowest BCUT2D eigenvalue weighted by Gasteiger charge is -2.34. The third-order valence-corrected chi connectivity index (χ3v) is 6.56. The Hall–Kier alpha value is -3.05. The number of halogens is 2. The molecule has 1 saturated heterocycles. The summed E-state index contributed by atoms with van der Waals surface area (Å²) in [6.07, 6.45) is 1.59. The summed E-state index contributed by atoms with van der Waals surface area (Å²) in [5.41, 5.74) is 6.57. The van der Waals surface area contributed by atoms with Gasteiger partial charge in [0.15, 0.2) is 0 Å². The standard InChI is InChI=1S/C28H30F2N2O/c1-18-13-21(26-6-4-3-5-20(26)9-12-32-19(2)33)7-8-25(18)28-17-31-11-10-27(28)22-14-23(29)16-24(30)15-22/h3-8,13-16,27-28,31H,9-12,17H2,1-2H3,(H,32,33)/t27-,28-/m0/s1. The second-order valence-electron chi connectivity index (χ2n) is 8.87. The second kappa shape index (κ2) is 10.3. The third-order valence-electron chi connectivity index (χ3n) is 6.56. The van der Waals surface area contributed by atoms with Gasteiger partial charge in [0, 0.05) is 32.0 Å². The first kappa shape index (κ1) is 23.1. The Kier molecular flexibility index (Phi) is 7.19. The summed E-state index contributed by atoms with van der Waals surface area (Å²) in [5, 5.41) is 6.32. The van der Waals surface area contributed by atoms with Crippen LogP contribution in [0.2, 0.25) is 0 Å². The molecule has 5 heteroatoms. The van der Waals surface area contributed by atoms with Crippen molar-refractivity contribution in [3.63, 3.8) is 0 Å². The van der Waals surface area contributed by atoms with E-state index in [1.807, 2.05) is 12.1 Å². The van der Waals surface area contributed by atoms with Gasteiger partial charge in [-0.15, -0.1) is 0 Å². The molecule has 2 N–H and O–H groups in total. The molecule has 1 amide bonds. The molecule has 0 saturated carbocycles. The molecule has 1 aliphatic heterocycles. The summed E-state index contributed by atoms with van der Waals surface area (Å²) in [5.74, 6) is -0.869. The van der Waals surface area contributed by atoms with Crippen molar-refractivity contribution < 1.29 is 13.6 Å². The molecule has 1 aliphatic rings. The summed E-state index contributed by atoms with van der Waals surface area (Å²) in [6.45, 7) is 5.84. The Balaban J connectivity index is 1.63. The first-order chi connectivity index (χ1) is 15.9. The Morgan fingerprint density at radius 2 is 1.79 bits per heavy atom. The molecule has 0 aromatic heterocycles. The maximum absolute atomic E-state index is 13.9. The summed E-state index contributed by atoms with van der Waals surface area (Å²) in [6, 6.07) is 18.6. The molecule has 1 heterocycles. The highest BCUT2D eigenvalue weighted by molar-refractivity contribution is 5.73. The first-order valence-corrected chi connectivity index (χ1v) is 11.5. The van der Waals surface area contributed by atoms with E-state index in [0.717, 1.165) is 48.7 Å². The van der Waals surface area contributed by atoms with Gasteiger partial charge in [-0.25, -0.2) is 8.78 Å². The number of aryl methyl sites for hydroxylation is 1. The van der Waals surface area contributed by atoms with Gasteiger partial charge in [0.1, 0.15) is 11.6 Å². The van der Waals surface area contributed by atoms with E-state index in [1.165, 1.54) is 35.7 Å². The number of carbonyl (C=O) groups excluding carboxylic acids is 1. The Morgan fingerprint density at radius 1 is 1.03 bits per heavy atom. The van der Waals surface area contributed by atoms with E-state index in [4.69, 9.17) is 0 Å². The largest absolute Gasteiger partial charge is 0.356 e. The molecule has 0 aliphatic carbocycles. The highest BCUT2D eigenvalue weighted by Gasteiger charge is 2.29. The highest BCUT2D eigenvalue weighted by Crippen LogP contribution is 2.40. The van der Waals surface area contributed by atoms with Gasteiger partial charge >= 0.3 is 0 Å². The molecule has 0 bridgehead atoms. The number of benzene rings is 3. The van der Waals surface area contributed by atoms with Gasteiger partial charge in [0.25, 0.3) is 0 Å². The normalized spacial score (nSPS) is 18.2. The van der Waals surface area contributed by atoms with Crippen LogP contribution in [-0.2, 0) is 11.2 Å². The van der Waals surface area contributed by atoms with Crippen molar-refractivity contribution in [2.75, 3.05) is 19.6 Å². The van der Waals surface area contributed by atoms with Gasteiger partial charge < -0.3 is 10.6 Å². The van der Waals surface area contributed by atoms with E-state index in [9.17, 15) is 13.6 Å². The molecule has 172 valence electrons. The van der Waals surface area contributed by atoms with E-state index in [-0.39, 0.29) is 17.7 Å². The van der Waals surface area contributed by atoms with Crippen LogP contribution in [0, 0.1) is 18.6 Å². The molecule has 0 unspecified atom stereocenters. The Labute approximate surface area is 194 Å². The van der Waals surface area contributed by atoms with Crippen LogP contribution < -0.4 is 10.6 Å². The van der Waals surface area contributed by atoms with Crippen molar-refractivity contribution in [3.8, 4) is 11.1 Å². The van der Waals surface area contributed by atoms with Crippen LogP contribution in [0.5, 0.6) is 0 Å². The Morgan fingerprint density at radius 3 is 2.52 bits per heavy atom. The molecular formula is C28H30F2N2O. The maximum Gasteiger partial charge on any atom is 0.216 e. The number of hydrogen-bond acceptors (Lipinski definition) is 2. The predicted molar refractivity (Wildman–Crippen MR) is 128 cm³/mol. The lowest BCUT2D eigenvalue weighted by atomic mass is 9.75.